The van der Waals surface area contributed by atoms with Gasteiger partial charge in [-0.1, -0.05) is 29.3 Å². The number of aromatic nitrogens is 6. The fraction of sp³-hybridized carbons (Fsp3) is 0.125. The van der Waals surface area contributed by atoms with Crippen LogP contribution in [0.1, 0.15) is 27.2 Å². The number of anilines is 1. The van der Waals surface area contributed by atoms with Crippen LogP contribution in [0.25, 0.3) is 22.5 Å². The van der Waals surface area contributed by atoms with Crippen molar-refractivity contribution in [1.29, 1.82) is 0 Å². The highest BCUT2D eigenvalue weighted by Gasteiger charge is 2.20. The second kappa shape index (κ2) is 8.86. The summed E-state index contributed by atoms with van der Waals surface area (Å²) in [5.74, 6) is 0.183. The first-order chi connectivity index (χ1) is 17.2. The van der Waals surface area contributed by atoms with E-state index < -0.39 is 10.8 Å². The molecule has 0 saturated carbocycles. The molecule has 0 saturated heterocycles. The van der Waals surface area contributed by atoms with Crippen LogP contribution >= 0.6 is 11.6 Å². The lowest BCUT2D eigenvalue weighted by atomic mass is 10.1. The number of aryl methyl sites for hydroxylation is 3. The van der Waals surface area contributed by atoms with Gasteiger partial charge in [0.15, 0.2) is 11.5 Å². The maximum Gasteiger partial charge on any atom is 0.288 e. The van der Waals surface area contributed by atoms with E-state index in [9.17, 15) is 14.9 Å². The number of hydrogen-bond donors (Lipinski definition) is 1. The summed E-state index contributed by atoms with van der Waals surface area (Å²) in [5, 5.41) is 23.6. The summed E-state index contributed by atoms with van der Waals surface area (Å²) in [7, 11) is 0. The number of nitro benzene ring substituents is 1. The van der Waals surface area contributed by atoms with E-state index in [1.54, 1.807) is 23.9 Å². The van der Waals surface area contributed by atoms with Gasteiger partial charge in [-0.2, -0.15) is 14.9 Å². The van der Waals surface area contributed by atoms with Crippen LogP contribution < -0.4 is 5.32 Å². The highest BCUT2D eigenvalue weighted by atomic mass is 35.5. The molecule has 0 fully saturated rings. The first-order valence-corrected chi connectivity index (χ1v) is 11.2. The number of nitrogens with zero attached hydrogens (tertiary/aromatic N) is 7. The summed E-state index contributed by atoms with van der Waals surface area (Å²) in [6, 6.07) is 11.6. The monoisotopic (exact) mass is 502 g/mol. The van der Waals surface area contributed by atoms with Gasteiger partial charge < -0.3 is 5.32 Å². The predicted octanol–water partition coefficient (Wildman–Crippen LogP) is 4.74. The summed E-state index contributed by atoms with van der Waals surface area (Å²) < 4.78 is 3.21. The quantitative estimate of drug-likeness (QED) is 0.271. The summed E-state index contributed by atoms with van der Waals surface area (Å²) in [6.45, 7) is 5.80. The summed E-state index contributed by atoms with van der Waals surface area (Å²) in [6.07, 6.45) is 3.06. The van der Waals surface area contributed by atoms with Crippen molar-refractivity contribution in [2.75, 3.05) is 5.32 Å². The lowest BCUT2D eigenvalue weighted by Gasteiger charge is -2.10. The Labute approximate surface area is 209 Å². The minimum atomic E-state index is -0.640. The first-order valence-electron chi connectivity index (χ1n) is 10.8. The highest BCUT2D eigenvalue weighted by Crippen LogP contribution is 2.28. The number of carbonyl (C=O) groups excluding carboxylic acids is 1. The zero-order chi connectivity index (χ0) is 25.6. The van der Waals surface area contributed by atoms with Crippen molar-refractivity contribution in [2.45, 2.75) is 20.8 Å². The molecule has 36 heavy (non-hydrogen) atoms. The zero-order valence-corrected chi connectivity index (χ0v) is 20.2. The topological polar surface area (TPSA) is 134 Å². The lowest BCUT2D eigenvalue weighted by molar-refractivity contribution is -0.384. The number of carbonyl (C=O) groups is 1. The van der Waals surface area contributed by atoms with Crippen molar-refractivity contribution in [1.82, 2.24) is 29.5 Å². The Kier molecular flexibility index (Phi) is 5.69. The Morgan fingerprint density at radius 2 is 1.86 bits per heavy atom. The van der Waals surface area contributed by atoms with E-state index >= 15 is 0 Å². The number of rotatable bonds is 5. The summed E-state index contributed by atoms with van der Waals surface area (Å²) >= 11 is 5.87. The zero-order valence-electron chi connectivity index (χ0n) is 19.4. The molecule has 3 heterocycles. The van der Waals surface area contributed by atoms with Gasteiger partial charge >= 0.3 is 0 Å². The maximum atomic E-state index is 12.9. The molecule has 0 spiro atoms. The molecule has 2 aromatic carbocycles. The maximum absolute atomic E-state index is 12.9. The van der Waals surface area contributed by atoms with Gasteiger partial charge in [0.1, 0.15) is 17.2 Å². The van der Waals surface area contributed by atoms with E-state index in [0.29, 0.717) is 28.4 Å². The van der Waals surface area contributed by atoms with Gasteiger partial charge in [-0.3, -0.25) is 14.9 Å². The van der Waals surface area contributed by atoms with Crippen LogP contribution in [0.3, 0.4) is 0 Å². The van der Waals surface area contributed by atoms with Crippen LogP contribution in [0.15, 0.2) is 55.0 Å². The fourth-order valence-corrected chi connectivity index (χ4v) is 4.14. The van der Waals surface area contributed by atoms with E-state index in [-0.39, 0.29) is 16.3 Å². The highest BCUT2D eigenvalue weighted by molar-refractivity contribution is 6.32. The first kappa shape index (κ1) is 23.1. The Balaban J connectivity index is 1.55. The van der Waals surface area contributed by atoms with Crippen LogP contribution in [0.2, 0.25) is 5.02 Å². The molecule has 5 aromatic rings. The molecule has 1 N–H and O–H groups in total. The van der Waals surface area contributed by atoms with Crippen molar-refractivity contribution in [3.8, 4) is 11.5 Å². The minimum Gasteiger partial charge on any atom is -0.306 e. The van der Waals surface area contributed by atoms with E-state index in [1.807, 2.05) is 26.0 Å². The Morgan fingerprint density at radius 1 is 1.06 bits per heavy atom. The van der Waals surface area contributed by atoms with Crippen LogP contribution in [0.4, 0.5) is 11.5 Å². The number of hydrogen-bond acceptors (Lipinski definition) is 7. The average Bonchev–Trinajstić information content (AvgIpc) is 3.42. The predicted molar refractivity (Wildman–Crippen MR) is 134 cm³/mol. The van der Waals surface area contributed by atoms with Gasteiger partial charge in [0.05, 0.1) is 27.9 Å². The van der Waals surface area contributed by atoms with Gasteiger partial charge in [0.25, 0.3) is 11.6 Å². The van der Waals surface area contributed by atoms with Crippen molar-refractivity contribution < 1.29 is 9.72 Å². The molecule has 0 aliphatic carbocycles. The third-order valence-corrected chi connectivity index (χ3v) is 5.92. The van der Waals surface area contributed by atoms with Crippen molar-refractivity contribution in [3.63, 3.8) is 0 Å². The average molecular weight is 503 g/mol. The number of nitrogens with one attached hydrogen (secondary N) is 1. The van der Waals surface area contributed by atoms with E-state index in [2.05, 4.69) is 31.5 Å². The van der Waals surface area contributed by atoms with Crippen molar-refractivity contribution >= 4 is 40.0 Å². The van der Waals surface area contributed by atoms with Crippen LogP contribution in [0.5, 0.6) is 0 Å². The molecule has 180 valence electrons. The number of benzene rings is 2. The molecule has 11 nitrogen and oxygen atoms in total. The van der Waals surface area contributed by atoms with Crippen LogP contribution in [0, 0.1) is 30.9 Å². The van der Waals surface area contributed by atoms with Gasteiger partial charge in [0.2, 0.25) is 0 Å². The lowest BCUT2D eigenvalue weighted by Crippen LogP contribution is -2.16. The number of halogens is 1. The molecule has 0 aliphatic rings. The third kappa shape index (κ3) is 4.05. The molecule has 0 unspecified atom stereocenters. The van der Waals surface area contributed by atoms with E-state index in [0.717, 1.165) is 22.9 Å². The normalized spacial score (nSPS) is 11.1. The van der Waals surface area contributed by atoms with Gasteiger partial charge in [-0.15, -0.1) is 0 Å². The fourth-order valence-electron chi connectivity index (χ4n) is 3.95. The smallest absolute Gasteiger partial charge is 0.288 e. The van der Waals surface area contributed by atoms with Crippen LogP contribution in [-0.4, -0.2) is 40.4 Å². The molecule has 3 aromatic heterocycles. The molecule has 1 amide bonds. The van der Waals surface area contributed by atoms with Gasteiger partial charge in [0, 0.05) is 17.7 Å². The molecular formula is C24H19ClN8O3. The Hall–Kier alpha value is -4.64. The van der Waals surface area contributed by atoms with Crippen molar-refractivity contribution in [3.05, 3.63) is 92.5 Å². The second-order valence-electron chi connectivity index (χ2n) is 8.24. The van der Waals surface area contributed by atoms with E-state index in [1.165, 1.54) is 23.1 Å². The molecule has 0 aliphatic heterocycles. The van der Waals surface area contributed by atoms with Gasteiger partial charge in [-0.25, -0.2) is 14.6 Å². The number of nitro groups is 1. The molecular weight excluding hydrogens is 484 g/mol. The summed E-state index contributed by atoms with van der Waals surface area (Å²) in [5.41, 5.74) is 3.99. The molecule has 0 radical (unpaired) electrons. The second-order valence-corrected chi connectivity index (χ2v) is 8.65. The van der Waals surface area contributed by atoms with Gasteiger partial charge in [-0.05, 0) is 44.5 Å². The largest absolute Gasteiger partial charge is 0.306 e. The molecule has 0 bridgehead atoms. The molecule has 5 rings (SSSR count). The molecule has 0 atom stereocenters. The summed E-state index contributed by atoms with van der Waals surface area (Å²) in [4.78, 5) is 32.4. The minimum absolute atomic E-state index is 0.0540. The Bertz CT molecular complexity index is 1670. The van der Waals surface area contributed by atoms with Crippen molar-refractivity contribution in [2.24, 2.45) is 0 Å². The Morgan fingerprint density at radius 3 is 2.61 bits per heavy atom. The number of fused-ring (bicyclic) bond motifs is 1. The third-order valence-electron chi connectivity index (χ3n) is 5.60. The van der Waals surface area contributed by atoms with Crippen LogP contribution in [-0.2, 0) is 0 Å². The standard InChI is InChI=1S/C24H19ClN8O3/c1-13-4-7-19(14(2)8-13)31-22-17(11-28-31)23(27-12-26-22)32-21(9-15(3)30-32)29-24(34)16-5-6-18(25)20(10-16)33(35)36/h4-12H,1-3H3,(H,29,34). The number of amides is 1. The SMILES string of the molecule is Cc1ccc(-n2ncc3c(-n4nc(C)cc4NC(=O)c4ccc(Cl)c([N+](=O)[O-])c4)ncnc32)c(C)c1. The molecule has 12 heteroatoms. The van der Waals surface area contributed by atoms with E-state index in [4.69, 9.17) is 11.6 Å².